The number of anilines is 1. The van der Waals surface area contributed by atoms with Gasteiger partial charge in [0, 0.05) is 23.5 Å². The number of aromatic nitrogens is 1. The predicted octanol–water partition coefficient (Wildman–Crippen LogP) is 4.64. The number of fused-ring (bicyclic) bond motifs is 1. The fraction of sp³-hybridized carbons (Fsp3) is 0.100. The van der Waals surface area contributed by atoms with Gasteiger partial charge in [0.15, 0.2) is 0 Å². The molecule has 0 bridgehead atoms. The number of hydrogen-bond acceptors (Lipinski definition) is 3. The summed E-state index contributed by atoms with van der Waals surface area (Å²) in [5.41, 5.74) is 2.92. The molecule has 130 valence electrons. The number of nitrogens with one attached hydrogen (secondary N) is 1. The largest absolute Gasteiger partial charge is 0.360 e. The minimum absolute atomic E-state index is 0.108. The van der Waals surface area contributed by atoms with Gasteiger partial charge in [0.25, 0.3) is 5.91 Å². The zero-order valence-electron chi connectivity index (χ0n) is 13.7. The molecule has 1 N–H and O–H groups in total. The molecular weight excluding hydrogens is 353 g/mol. The molecule has 1 aliphatic rings. The predicted molar refractivity (Wildman–Crippen MR) is 98.3 cm³/mol. The van der Waals surface area contributed by atoms with Gasteiger partial charge in [-0.2, -0.15) is 0 Å². The van der Waals surface area contributed by atoms with Crippen molar-refractivity contribution in [3.63, 3.8) is 0 Å². The van der Waals surface area contributed by atoms with Gasteiger partial charge in [0.05, 0.1) is 11.3 Å². The second-order valence-corrected chi connectivity index (χ2v) is 6.49. The Balaban J connectivity index is 1.67. The maximum Gasteiger partial charge on any atom is 0.258 e. The molecule has 0 radical (unpaired) electrons. The van der Waals surface area contributed by atoms with Crippen LogP contribution in [0.1, 0.15) is 27.8 Å². The van der Waals surface area contributed by atoms with Gasteiger partial charge in [-0.05, 0) is 54.1 Å². The standard InChI is InChI=1S/C20H15ClFN3O/c21-14-5-9-16(10-6-14)24-19-18-17(2-1-11-23-18)20(26)25(19)12-13-3-7-15(22)8-4-13/h1-11,19,24H,12H2/t19-/m0/s1. The molecule has 0 saturated heterocycles. The molecule has 0 spiro atoms. The van der Waals surface area contributed by atoms with E-state index in [1.165, 1.54) is 12.1 Å². The molecule has 1 aromatic heterocycles. The number of rotatable bonds is 4. The maximum atomic E-state index is 13.2. The molecule has 0 unspecified atom stereocenters. The van der Waals surface area contributed by atoms with Crippen LogP contribution in [0.3, 0.4) is 0 Å². The Morgan fingerprint density at radius 1 is 1.08 bits per heavy atom. The van der Waals surface area contributed by atoms with E-state index in [0.29, 0.717) is 22.8 Å². The third kappa shape index (κ3) is 3.13. The maximum absolute atomic E-state index is 13.2. The summed E-state index contributed by atoms with van der Waals surface area (Å²) in [7, 11) is 0. The van der Waals surface area contributed by atoms with E-state index in [1.54, 1.807) is 47.5 Å². The first kappa shape index (κ1) is 16.5. The molecule has 4 rings (SSSR count). The van der Waals surface area contributed by atoms with Gasteiger partial charge in [-0.15, -0.1) is 0 Å². The third-order valence-electron chi connectivity index (χ3n) is 4.31. The fourth-order valence-electron chi connectivity index (χ4n) is 3.04. The van der Waals surface area contributed by atoms with Crippen molar-refractivity contribution in [3.05, 3.63) is 94.5 Å². The lowest BCUT2D eigenvalue weighted by atomic mass is 10.2. The van der Waals surface area contributed by atoms with Crippen molar-refractivity contribution in [2.45, 2.75) is 12.7 Å². The highest BCUT2D eigenvalue weighted by molar-refractivity contribution is 6.30. The molecule has 0 aliphatic carbocycles. The fourth-order valence-corrected chi connectivity index (χ4v) is 3.16. The number of hydrogen-bond donors (Lipinski definition) is 1. The minimum atomic E-state index is -0.412. The number of halogens is 2. The quantitative estimate of drug-likeness (QED) is 0.730. The minimum Gasteiger partial charge on any atom is -0.360 e. The van der Waals surface area contributed by atoms with Crippen LogP contribution in [-0.2, 0) is 6.54 Å². The highest BCUT2D eigenvalue weighted by Gasteiger charge is 2.37. The highest BCUT2D eigenvalue weighted by atomic mass is 35.5. The van der Waals surface area contributed by atoms with Crippen LogP contribution in [0.5, 0.6) is 0 Å². The molecule has 1 aliphatic heterocycles. The number of amides is 1. The van der Waals surface area contributed by atoms with Crippen molar-refractivity contribution in [3.8, 4) is 0 Å². The normalized spacial score (nSPS) is 15.8. The molecule has 1 atom stereocenters. The zero-order chi connectivity index (χ0) is 18.1. The van der Waals surface area contributed by atoms with E-state index in [1.807, 2.05) is 12.1 Å². The van der Waals surface area contributed by atoms with E-state index < -0.39 is 6.17 Å². The number of carbonyl (C=O) groups excluding carboxylic acids is 1. The van der Waals surface area contributed by atoms with Crippen LogP contribution in [0.15, 0.2) is 66.9 Å². The first-order valence-corrected chi connectivity index (χ1v) is 8.52. The van der Waals surface area contributed by atoms with Crippen LogP contribution < -0.4 is 5.32 Å². The van der Waals surface area contributed by atoms with Crippen LogP contribution in [0, 0.1) is 5.82 Å². The summed E-state index contributed by atoms with van der Waals surface area (Å²) < 4.78 is 13.2. The van der Waals surface area contributed by atoms with Crippen LogP contribution in [0.4, 0.5) is 10.1 Å². The second-order valence-electron chi connectivity index (χ2n) is 6.05. The van der Waals surface area contributed by atoms with Crippen LogP contribution in [0.2, 0.25) is 5.02 Å². The molecule has 2 heterocycles. The van der Waals surface area contributed by atoms with Crippen molar-refractivity contribution in [1.29, 1.82) is 0 Å². The number of pyridine rings is 1. The summed E-state index contributed by atoms with van der Waals surface area (Å²) in [5, 5.41) is 3.98. The molecule has 2 aromatic carbocycles. The van der Waals surface area contributed by atoms with Gasteiger partial charge >= 0.3 is 0 Å². The Morgan fingerprint density at radius 2 is 1.81 bits per heavy atom. The van der Waals surface area contributed by atoms with Gasteiger partial charge in [-0.25, -0.2) is 4.39 Å². The van der Waals surface area contributed by atoms with E-state index in [0.717, 1.165) is 11.3 Å². The lowest BCUT2D eigenvalue weighted by Crippen LogP contribution is -2.32. The Labute approximate surface area is 155 Å². The summed E-state index contributed by atoms with van der Waals surface area (Å²) in [6, 6.07) is 16.9. The Morgan fingerprint density at radius 3 is 2.54 bits per heavy atom. The lowest BCUT2D eigenvalue weighted by molar-refractivity contribution is 0.0728. The number of benzene rings is 2. The topological polar surface area (TPSA) is 45.2 Å². The Bertz CT molecular complexity index is 944. The molecule has 0 saturated carbocycles. The first-order valence-electron chi connectivity index (χ1n) is 8.14. The monoisotopic (exact) mass is 367 g/mol. The van der Waals surface area contributed by atoms with Gasteiger partial charge in [-0.1, -0.05) is 23.7 Å². The average Bonchev–Trinajstić information content (AvgIpc) is 2.91. The van der Waals surface area contributed by atoms with E-state index >= 15 is 0 Å². The third-order valence-corrected chi connectivity index (χ3v) is 4.57. The van der Waals surface area contributed by atoms with Crippen molar-refractivity contribution in [1.82, 2.24) is 9.88 Å². The van der Waals surface area contributed by atoms with E-state index in [2.05, 4.69) is 10.3 Å². The zero-order valence-corrected chi connectivity index (χ0v) is 14.4. The SMILES string of the molecule is O=C1c2cccnc2[C@@H](Nc2ccc(Cl)cc2)N1Cc1ccc(F)cc1. The molecular formula is C20H15ClFN3O. The molecule has 1 amide bonds. The summed E-state index contributed by atoms with van der Waals surface area (Å²) in [5.74, 6) is -0.411. The van der Waals surface area contributed by atoms with Crippen LogP contribution >= 0.6 is 11.6 Å². The van der Waals surface area contributed by atoms with Gasteiger partial charge in [0.1, 0.15) is 12.0 Å². The lowest BCUT2D eigenvalue weighted by Gasteiger charge is -2.26. The summed E-state index contributed by atoms with van der Waals surface area (Å²) in [4.78, 5) is 19.0. The highest BCUT2D eigenvalue weighted by Crippen LogP contribution is 2.34. The van der Waals surface area contributed by atoms with Crippen molar-refractivity contribution >= 4 is 23.2 Å². The molecule has 6 heteroatoms. The van der Waals surface area contributed by atoms with E-state index in [4.69, 9.17) is 11.6 Å². The second kappa shape index (κ2) is 6.77. The summed E-state index contributed by atoms with van der Waals surface area (Å²) in [6.45, 7) is 0.348. The van der Waals surface area contributed by atoms with Crippen LogP contribution in [0.25, 0.3) is 0 Å². The number of carbonyl (C=O) groups is 1. The van der Waals surface area contributed by atoms with Crippen molar-refractivity contribution in [2.75, 3.05) is 5.32 Å². The van der Waals surface area contributed by atoms with E-state index in [9.17, 15) is 9.18 Å². The van der Waals surface area contributed by atoms with E-state index in [-0.39, 0.29) is 11.7 Å². The Kier molecular flexibility index (Phi) is 4.31. The first-order chi connectivity index (χ1) is 12.6. The molecule has 0 fully saturated rings. The number of nitrogens with zero attached hydrogens (tertiary/aromatic N) is 2. The summed E-state index contributed by atoms with van der Waals surface area (Å²) in [6.07, 6.45) is 1.26. The van der Waals surface area contributed by atoms with Gasteiger partial charge in [0.2, 0.25) is 0 Å². The molecule has 26 heavy (non-hydrogen) atoms. The van der Waals surface area contributed by atoms with Crippen molar-refractivity contribution < 1.29 is 9.18 Å². The smallest absolute Gasteiger partial charge is 0.258 e. The van der Waals surface area contributed by atoms with Gasteiger partial charge in [-0.3, -0.25) is 9.78 Å². The molecule has 3 aromatic rings. The Hall–Kier alpha value is -2.92. The van der Waals surface area contributed by atoms with Crippen molar-refractivity contribution in [2.24, 2.45) is 0 Å². The average molecular weight is 368 g/mol. The molecule has 4 nitrogen and oxygen atoms in total. The van der Waals surface area contributed by atoms with Gasteiger partial charge < -0.3 is 10.2 Å². The summed E-state index contributed by atoms with van der Waals surface area (Å²) >= 11 is 5.95. The van der Waals surface area contributed by atoms with Crippen LogP contribution in [-0.4, -0.2) is 15.8 Å².